The fourth-order valence-corrected chi connectivity index (χ4v) is 4.25. The Balaban J connectivity index is 1.83. The minimum absolute atomic E-state index is 0.286. The third-order valence-corrected chi connectivity index (χ3v) is 5.76. The van der Waals surface area contributed by atoms with Crippen molar-refractivity contribution in [1.82, 2.24) is 4.57 Å². The molecule has 1 amide bonds. The lowest BCUT2D eigenvalue weighted by Gasteiger charge is -2.06. The van der Waals surface area contributed by atoms with Gasteiger partial charge in [0.05, 0.1) is 23.4 Å². The molecule has 1 aromatic heterocycles. The number of ether oxygens (including phenoxy) is 2. The van der Waals surface area contributed by atoms with Crippen molar-refractivity contribution in [2.45, 2.75) is 32.7 Å². The van der Waals surface area contributed by atoms with Gasteiger partial charge in [-0.25, -0.2) is 0 Å². The van der Waals surface area contributed by atoms with Gasteiger partial charge in [-0.3, -0.25) is 4.79 Å². The molecule has 154 valence electrons. The molecule has 0 spiro atoms. The van der Waals surface area contributed by atoms with Crippen LogP contribution in [0.25, 0.3) is 10.2 Å². The molecule has 0 aliphatic heterocycles. The van der Waals surface area contributed by atoms with Gasteiger partial charge in [0.2, 0.25) is 0 Å². The molecule has 2 aromatic carbocycles. The number of carbonyl (C=O) groups is 1. The van der Waals surface area contributed by atoms with Crippen LogP contribution in [0, 0.1) is 0 Å². The Kier molecular flexibility index (Phi) is 7.86. The molecule has 0 N–H and O–H groups in total. The minimum atomic E-state index is -0.286. The Morgan fingerprint density at radius 3 is 2.66 bits per heavy atom. The van der Waals surface area contributed by atoms with Crippen molar-refractivity contribution < 1.29 is 14.3 Å². The third-order valence-electron chi connectivity index (χ3n) is 4.48. The summed E-state index contributed by atoms with van der Waals surface area (Å²) in [6.45, 7) is 3.98. The average molecular weight is 433 g/mol. The SMILES string of the molecule is CCCCCOc1ccc(C(=O)N=c2sc3cc(Cl)ccc3n2CCOC)cc1. The number of halogens is 1. The number of fused-ring (bicyclic) bond motifs is 1. The second kappa shape index (κ2) is 10.6. The molecule has 0 bridgehead atoms. The van der Waals surface area contributed by atoms with Crippen LogP contribution in [0.3, 0.4) is 0 Å². The highest BCUT2D eigenvalue weighted by atomic mass is 35.5. The highest BCUT2D eigenvalue weighted by molar-refractivity contribution is 7.16. The Hall–Kier alpha value is -2.15. The zero-order valence-corrected chi connectivity index (χ0v) is 18.3. The molecular formula is C22H25ClN2O3S. The molecule has 5 nitrogen and oxygen atoms in total. The van der Waals surface area contributed by atoms with Crippen molar-refractivity contribution in [2.24, 2.45) is 4.99 Å². The highest BCUT2D eigenvalue weighted by Gasteiger charge is 2.10. The van der Waals surface area contributed by atoms with E-state index in [4.69, 9.17) is 21.1 Å². The van der Waals surface area contributed by atoms with Crippen LogP contribution in [0.15, 0.2) is 47.5 Å². The van der Waals surface area contributed by atoms with Crippen molar-refractivity contribution in [3.8, 4) is 5.75 Å². The van der Waals surface area contributed by atoms with Gasteiger partial charge in [-0.1, -0.05) is 42.7 Å². The first-order valence-electron chi connectivity index (χ1n) is 9.72. The molecule has 0 saturated heterocycles. The Morgan fingerprint density at radius 1 is 1.14 bits per heavy atom. The predicted molar refractivity (Wildman–Crippen MR) is 118 cm³/mol. The van der Waals surface area contributed by atoms with Crippen molar-refractivity contribution in [3.63, 3.8) is 0 Å². The molecule has 0 atom stereocenters. The third kappa shape index (κ3) is 5.69. The number of amides is 1. The smallest absolute Gasteiger partial charge is 0.279 e. The number of hydrogen-bond acceptors (Lipinski definition) is 4. The number of rotatable bonds is 9. The summed E-state index contributed by atoms with van der Waals surface area (Å²) in [7, 11) is 1.65. The monoisotopic (exact) mass is 432 g/mol. The quantitative estimate of drug-likeness (QED) is 0.430. The van der Waals surface area contributed by atoms with Gasteiger partial charge in [-0.05, 0) is 48.9 Å². The number of unbranched alkanes of at least 4 members (excludes halogenated alkanes) is 2. The largest absolute Gasteiger partial charge is 0.494 e. The van der Waals surface area contributed by atoms with Crippen LogP contribution >= 0.6 is 22.9 Å². The molecule has 0 saturated carbocycles. The predicted octanol–water partition coefficient (Wildman–Crippen LogP) is 5.31. The highest BCUT2D eigenvalue weighted by Crippen LogP contribution is 2.22. The van der Waals surface area contributed by atoms with E-state index in [1.165, 1.54) is 11.3 Å². The van der Waals surface area contributed by atoms with E-state index >= 15 is 0 Å². The second-order valence-electron chi connectivity index (χ2n) is 6.64. The number of hydrogen-bond donors (Lipinski definition) is 0. The van der Waals surface area contributed by atoms with E-state index in [1.54, 1.807) is 19.2 Å². The molecule has 7 heteroatoms. The molecular weight excluding hydrogens is 408 g/mol. The van der Waals surface area contributed by atoms with E-state index in [0.29, 0.717) is 35.1 Å². The second-order valence-corrected chi connectivity index (χ2v) is 8.08. The van der Waals surface area contributed by atoms with Gasteiger partial charge in [0.25, 0.3) is 5.91 Å². The van der Waals surface area contributed by atoms with Crippen LogP contribution in [0.5, 0.6) is 5.75 Å². The van der Waals surface area contributed by atoms with Gasteiger partial charge in [0.1, 0.15) is 5.75 Å². The molecule has 0 radical (unpaired) electrons. The fraction of sp³-hybridized carbons (Fsp3) is 0.364. The summed E-state index contributed by atoms with van der Waals surface area (Å²) < 4.78 is 13.9. The van der Waals surface area contributed by atoms with Crippen LogP contribution < -0.4 is 9.54 Å². The van der Waals surface area contributed by atoms with Crippen LogP contribution in [-0.4, -0.2) is 30.8 Å². The lowest BCUT2D eigenvalue weighted by atomic mass is 10.2. The molecule has 1 heterocycles. The normalized spacial score (nSPS) is 11.9. The Labute approximate surface area is 179 Å². The zero-order valence-electron chi connectivity index (χ0n) is 16.7. The Morgan fingerprint density at radius 2 is 1.93 bits per heavy atom. The first kappa shape index (κ1) is 21.6. The molecule has 3 rings (SSSR count). The van der Waals surface area contributed by atoms with Gasteiger partial charge in [-0.2, -0.15) is 4.99 Å². The van der Waals surface area contributed by atoms with Gasteiger partial charge < -0.3 is 14.0 Å². The standard InChI is InChI=1S/C22H25ClN2O3S/c1-3-4-5-13-28-18-9-6-16(7-10-18)21(26)24-22-25(12-14-27-2)19-11-8-17(23)15-20(19)29-22/h6-11,15H,3-5,12-14H2,1-2H3. The van der Waals surface area contributed by atoms with Crippen LogP contribution in [0.1, 0.15) is 36.5 Å². The van der Waals surface area contributed by atoms with E-state index < -0.39 is 0 Å². The van der Waals surface area contributed by atoms with E-state index in [1.807, 2.05) is 34.9 Å². The summed E-state index contributed by atoms with van der Waals surface area (Å²) in [5.41, 5.74) is 1.51. The van der Waals surface area contributed by atoms with Crippen LogP contribution in [0.4, 0.5) is 0 Å². The molecule has 0 unspecified atom stereocenters. The number of thiazole rings is 1. The number of benzene rings is 2. The maximum Gasteiger partial charge on any atom is 0.279 e. The van der Waals surface area contributed by atoms with E-state index in [2.05, 4.69) is 11.9 Å². The summed E-state index contributed by atoms with van der Waals surface area (Å²) in [6, 6.07) is 12.8. The lowest BCUT2D eigenvalue weighted by molar-refractivity contribution is 0.0997. The van der Waals surface area contributed by atoms with E-state index in [-0.39, 0.29) is 5.91 Å². The zero-order chi connectivity index (χ0) is 20.6. The number of methoxy groups -OCH3 is 1. The first-order valence-corrected chi connectivity index (χ1v) is 10.9. The Bertz CT molecular complexity index is 1020. The van der Waals surface area contributed by atoms with Crippen LogP contribution in [0.2, 0.25) is 5.02 Å². The molecule has 0 aliphatic rings. The van der Waals surface area contributed by atoms with Gasteiger partial charge in [-0.15, -0.1) is 0 Å². The minimum Gasteiger partial charge on any atom is -0.494 e. The summed E-state index contributed by atoms with van der Waals surface area (Å²) in [6.07, 6.45) is 3.34. The molecule has 0 fully saturated rings. The lowest BCUT2D eigenvalue weighted by Crippen LogP contribution is -2.19. The summed E-state index contributed by atoms with van der Waals surface area (Å²) in [5, 5.41) is 0.657. The maximum atomic E-state index is 12.7. The summed E-state index contributed by atoms with van der Waals surface area (Å²) in [5.74, 6) is 0.482. The first-order chi connectivity index (χ1) is 14.1. The van der Waals surface area contributed by atoms with Gasteiger partial charge >= 0.3 is 0 Å². The van der Waals surface area contributed by atoms with Gasteiger partial charge in [0.15, 0.2) is 4.80 Å². The maximum absolute atomic E-state index is 12.7. The van der Waals surface area contributed by atoms with E-state index in [0.717, 1.165) is 35.2 Å². The molecule has 29 heavy (non-hydrogen) atoms. The van der Waals surface area contributed by atoms with E-state index in [9.17, 15) is 4.79 Å². The molecule has 0 aliphatic carbocycles. The summed E-state index contributed by atoms with van der Waals surface area (Å²) in [4.78, 5) is 17.7. The fourth-order valence-electron chi connectivity index (χ4n) is 2.92. The van der Waals surface area contributed by atoms with Crippen molar-refractivity contribution in [2.75, 3.05) is 20.3 Å². The van der Waals surface area contributed by atoms with Crippen molar-refractivity contribution >= 4 is 39.1 Å². The molecule has 3 aromatic rings. The number of aromatic nitrogens is 1. The summed E-state index contributed by atoms with van der Waals surface area (Å²) >= 11 is 7.56. The number of carbonyl (C=O) groups excluding carboxylic acids is 1. The average Bonchev–Trinajstić information content (AvgIpc) is 3.05. The van der Waals surface area contributed by atoms with Crippen molar-refractivity contribution in [3.05, 3.63) is 57.9 Å². The van der Waals surface area contributed by atoms with Gasteiger partial charge in [0, 0.05) is 24.2 Å². The van der Waals surface area contributed by atoms with Crippen LogP contribution in [-0.2, 0) is 11.3 Å². The van der Waals surface area contributed by atoms with Crippen molar-refractivity contribution in [1.29, 1.82) is 0 Å². The topological polar surface area (TPSA) is 52.8 Å². The number of nitrogens with zero attached hydrogens (tertiary/aromatic N) is 2.